The first-order valence-corrected chi connectivity index (χ1v) is 11.1. The summed E-state index contributed by atoms with van der Waals surface area (Å²) in [7, 11) is 3.88. The van der Waals surface area contributed by atoms with Gasteiger partial charge in [-0.2, -0.15) is 5.10 Å². The third-order valence-corrected chi connectivity index (χ3v) is 4.98. The first kappa shape index (κ1) is 24.9. The topological polar surface area (TPSA) is 95.8 Å². The van der Waals surface area contributed by atoms with E-state index in [-0.39, 0.29) is 30.6 Å². The molecular weight excluding hydrogens is 436 g/mol. The molecule has 0 spiro atoms. The van der Waals surface area contributed by atoms with Gasteiger partial charge in [-0.25, -0.2) is 4.79 Å². The zero-order valence-electron chi connectivity index (χ0n) is 19.9. The summed E-state index contributed by atoms with van der Waals surface area (Å²) < 4.78 is 18.2. The van der Waals surface area contributed by atoms with Crippen LogP contribution in [0.3, 0.4) is 0 Å². The minimum atomic E-state index is -0.865. The van der Waals surface area contributed by atoms with Crippen LogP contribution < -0.4 is 9.47 Å². The highest BCUT2D eigenvalue weighted by Crippen LogP contribution is 2.29. The van der Waals surface area contributed by atoms with Crippen molar-refractivity contribution in [1.82, 2.24) is 19.7 Å². The number of carbonyl (C=O) groups excluding carboxylic acids is 2. The normalized spacial score (nSPS) is 11.0. The van der Waals surface area contributed by atoms with Crippen molar-refractivity contribution < 1.29 is 23.8 Å². The third-order valence-electron chi connectivity index (χ3n) is 4.98. The lowest BCUT2D eigenvalue weighted by Gasteiger charge is -2.15. The number of hydrogen-bond acceptors (Lipinski definition) is 8. The number of hydrogen-bond donors (Lipinski definition) is 0. The molecular formula is C25H30N4O5. The van der Waals surface area contributed by atoms with E-state index in [1.807, 2.05) is 55.7 Å². The smallest absolute Gasteiger partial charge is 0.488 e. The van der Waals surface area contributed by atoms with E-state index in [9.17, 15) is 9.59 Å². The molecule has 3 rings (SSSR count). The Labute approximate surface area is 199 Å². The van der Waals surface area contributed by atoms with Crippen LogP contribution in [0.25, 0.3) is 11.4 Å². The third kappa shape index (κ3) is 6.41. The van der Waals surface area contributed by atoms with Crippen molar-refractivity contribution in [2.45, 2.75) is 32.9 Å². The summed E-state index contributed by atoms with van der Waals surface area (Å²) in [6, 6.07) is 10.6. The van der Waals surface area contributed by atoms with Crippen LogP contribution in [0.1, 0.15) is 42.2 Å². The van der Waals surface area contributed by atoms with Crippen molar-refractivity contribution in [3.05, 3.63) is 59.9 Å². The van der Waals surface area contributed by atoms with Crippen LogP contribution in [-0.4, -0.2) is 59.4 Å². The van der Waals surface area contributed by atoms with Crippen molar-refractivity contribution in [2.75, 3.05) is 27.2 Å². The van der Waals surface area contributed by atoms with Crippen molar-refractivity contribution in [3.8, 4) is 22.9 Å². The second-order valence-corrected chi connectivity index (χ2v) is 8.20. The van der Waals surface area contributed by atoms with Crippen LogP contribution in [-0.2, 0) is 11.3 Å². The number of aromatic nitrogens is 3. The zero-order chi connectivity index (χ0) is 24.5. The molecule has 9 heteroatoms. The Hall–Kier alpha value is -3.72. The highest BCUT2D eigenvalue weighted by atomic mass is 16.7. The van der Waals surface area contributed by atoms with E-state index in [0.29, 0.717) is 18.5 Å². The van der Waals surface area contributed by atoms with Crippen LogP contribution in [0, 0.1) is 0 Å². The molecule has 0 amide bonds. The lowest BCUT2D eigenvalue weighted by Crippen LogP contribution is -2.18. The Morgan fingerprint density at radius 1 is 1.12 bits per heavy atom. The molecule has 0 aliphatic heterocycles. The second-order valence-electron chi connectivity index (χ2n) is 8.20. The van der Waals surface area contributed by atoms with Gasteiger partial charge in [0.25, 0.3) is 0 Å². The van der Waals surface area contributed by atoms with Gasteiger partial charge in [0, 0.05) is 30.5 Å². The van der Waals surface area contributed by atoms with Gasteiger partial charge in [0.05, 0.1) is 23.6 Å². The van der Waals surface area contributed by atoms with Gasteiger partial charge in [0.2, 0.25) is 0 Å². The molecule has 0 atom stereocenters. The molecule has 2 heterocycles. The Morgan fingerprint density at radius 3 is 2.65 bits per heavy atom. The molecule has 0 saturated heterocycles. The fraction of sp³-hybridized carbons (Fsp3) is 0.360. The predicted molar refractivity (Wildman–Crippen MR) is 127 cm³/mol. The van der Waals surface area contributed by atoms with E-state index in [4.69, 9.17) is 14.2 Å². The quantitative estimate of drug-likeness (QED) is 0.178. The monoisotopic (exact) mass is 466 g/mol. The van der Waals surface area contributed by atoms with Gasteiger partial charge in [-0.15, -0.1) is 0 Å². The molecule has 3 aromatic rings. The largest absolute Gasteiger partial charge is 0.513 e. The molecule has 180 valence electrons. The summed E-state index contributed by atoms with van der Waals surface area (Å²) in [6.07, 6.45) is 3.86. The highest BCUT2D eigenvalue weighted by Gasteiger charge is 2.17. The van der Waals surface area contributed by atoms with Crippen molar-refractivity contribution in [2.24, 2.45) is 0 Å². The molecule has 34 heavy (non-hydrogen) atoms. The molecule has 0 saturated carbocycles. The maximum absolute atomic E-state index is 12.0. The number of carbonyl (C=O) groups is 2. The highest BCUT2D eigenvalue weighted by molar-refractivity contribution is 5.85. The standard InChI is InChI=1S/C25H30N4O5/c1-18(2)29-21(11-13-27-29)24-19(8-6-12-26-24)17-33-22-9-5-10-23(20(22)16-30)34-25(31)32-15-7-14-28(3)4/h5-6,8-13,16,18H,7,14-15,17H2,1-4H3. The average Bonchev–Trinajstić information content (AvgIpc) is 3.31. The molecule has 0 unspecified atom stereocenters. The van der Waals surface area contributed by atoms with Gasteiger partial charge in [-0.1, -0.05) is 12.1 Å². The molecule has 9 nitrogen and oxygen atoms in total. The van der Waals surface area contributed by atoms with E-state index < -0.39 is 6.16 Å². The average molecular weight is 467 g/mol. The van der Waals surface area contributed by atoms with Crippen LogP contribution in [0.4, 0.5) is 4.79 Å². The van der Waals surface area contributed by atoms with Crippen molar-refractivity contribution in [3.63, 3.8) is 0 Å². The summed E-state index contributed by atoms with van der Waals surface area (Å²) >= 11 is 0. The van der Waals surface area contributed by atoms with E-state index in [1.165, 1.54) is 6.07 Å². The van der Waals surface area contributed by atoms with Crippen molar-refractivity contribution in [1.29, 1.82) is 0 Å². The minimum Gasteiger partial charge on any atom is -0.488 e. The first-order valence-electron chi connectivity index (χ1n) is 11.1. The molecule has 0 bridgehead atoms. The Balaban J connectivity index is 1.72. The van der Waals surface area contributed by atoms with Crippen LogP contribution in [0.5, 0.6) is 11.5 Å². The number of pyridine rings is 1. The fourth-order valence-corrected chi connectivity index (χ4v) is 3.36. The Kier molecular flexibility index (Phi) is 8.75. The van der Waals surface area contributed by atoms with Crippen LogP contribution in [0.15, 0.2) is 48.8 Å². The summed E-state index contributed by atoms with van der Waals surface area (Å²) in [4.78, 5) is 30.4. The molecule has 0 radical (unpaired) electrons. The second kappa shape index (κ2) is 11.9. The first-order chi connectivity index (χ1) is 16.4. The van der Waals surface area contributed by atoms with E-state index in [0.717, 1.165) is 23.5 Å². The Morgan fingerprint density at radius 2 is 1.91 bits per heavy atom. The summed E-state index contributed by atoms with van der Waals surface area (Å²) in [6.45, 7) is 5.26. The number of nitrogens with zero attached hydrogens (tertiary/aromatic N) is 4. The molecule has 0 aliphatic carbocycles. The summed E-state index contributed by atoms with van der Waals surface area (Å²) in [5.74, 6) is 0.370. The fourth-order valence-electron chi connectivity index (χ4n) is 3.36. The number of rotatable bonds is 11. The summed E-state index contributed by atoms with van der Waals surface area (Å²) in [5.41, 5.74) is 2.58. The van der Waals surface area contributed by atoms with Crippen LogP contribution >= 0.6 is 0 Å². The Bertz CT molecular complexity index is 1110. The number of ether oxygens (including phenoxy) is 3. The van der Waals surface area contributed by atoms with Gasteiger partial charge in [-0.05, 0) is 58.6 Å². The molecule has 0 aliphatic rings. The SMILES string of the molecule is CC(C)n1nccc1-c1ncccc1COc1cccc(OC(=O)OCCCN(C)C)c1C=O. The van der Waals surface area contributed by atoms with Gasteiger partial charge in [-0.3, -0.25) is 14.5 Å². The number of aldehydes is 1. The maximum atomic E-state index is 12.0. The van der Waals surface area contributed by atoms with E-state index in [1.54, 1.807) is 24.5 Å². The van der Waals surface area contributed by atoms with Crippen LogP contribution in [0.2, 0.25) is 0 Å². The van der Waals surface area contributed by atoms with Gasteiger partial charge < -0.3 is 19.1 Å². The lowest BCUT2D eigenvalue weighted by atomic mass is 10.1. The van der Waals surface area contributed by atoms with Gasteiger partial charge in [0.1, 0.15) is 18.1 Å². The maximum Gasteiger partial charge on any atom is 0.513 e. The molecule has 0 N–H and O–H groups in total. The van der Waals surface area contributed by atoms with E-state index in [2.05, 4.69) is 10.1 Å². The summed E-state index contributed by atoms with van der Waals surface area (Å²) in [5, 5.41) is 4.38. The van der Waals surface area contributed by atoms with Gasteiger partial charge >= 0.3 is 6.16 Å². The molecule has 2 aromatic heterocycles. The molecule has 1 aromatic carbocycles. The lowest BCUT2D eigenvalue weighted by molar-refractivity contribution is 0.0951. The van der Waals surface area contributed by atoms with E-state index >= 15 is 0 Å². The number of benzene rings is 1. The molecule has 0 fully saturated rings. The minimum absolute atomic E-state index is 0.0782. The predicted octanol–water partition coefficient (Wildman–Crippen LogP) is 4.38. The van der Waals surface area contributed by atoms with Gasteiger partial charge in [0.15, 0.2) is 6.29 Å². The zero-order valence-corrected chi connectivity index (χ0v) is 19.9. The van der Waals surface area contributed by atoms with Crippen molar-refractivity contribution >= 4 is 12.4 Å².